The van der Waals surface area contributed by atoms with Crippen LogP contribution in [-0.2, 0) is 9.63 Å². The summed E-state index contributed by atoms with van der Waals surface area (Å²) in [6.07, 6.45) is -1.46. The van der Waals surface area contributed by atoms with Gasteiger partial charge in [-0.1, -0.05) is 17.7 Å². The number of rotatable bonds is 4. The minimum atomic E-state index is -1.46. The quantitative estimate of drug-likeness (QED) is 0.829. The van der Waals surface area contributed by atoms with Gasteiger partial charge >= 0.3 is 6.09 Å². The fraction of sp³-hybridized carbons (Fsp3) is 0.273. The van der Waals surface area contributed by atoms with Crippen molar-refractivity contribution in [2.24, 2.45) is 0 Å². The summed E-state index contributed by atoms with van der Waals surface area (Å²) in [4.78, 5) is 27.3. The van der Waals surface area contributed by atoms with Gasteiger partial charge in [-0.2, -0.15) is 0 Å². The number of amides is 2. The van der Waals surface area contributed by atoms with E-state index in [4.69, 9.17) is 16.7 Å². The molecule has 0 radical (unpaired) electrons. The smallest absolute Gasteiger partial charge is 0.405 e. The molecular weight excluding hydrogens is 279 g/mol. The van der Waals surface area contributed by atoms with Gasteiger partial charge in [0, 0.05) is 17.6 Å². The van der Waals surface area contributed by atoms with E-state index in [2.05, 4.69) is 4.84 Å². The van der Waals surface area contributed by atoms with Gasteiger partial charge in [-0.3, -0.25) is 9.63 Å². The predicted octanol–water partition coefficient (Wildman–Crippen LogP) is 1.81. The molecule has 104 valence electrons. The molecule has 0 spiro atoms. The molecule has 0 bridgehead atoms. The first-order chi connectivity index (χ1) is 8.86. The Hall–Kier alpha value is -1.86. The molecule has 2 amide bonds. The average molecular weight is 291 g/mol. The number of halogens is 2. The molecule has 1 unspecified atom stereocenters. The molecular formula is C11H12ClFN2O4. The lowest BCUT2D eigenvalue weighted by atomic mass is 10.1. The monoisotopic (exact) mass is 290 g/mol. The van der Waals surface area contributed by atoms with Crippen LogP contribution in [0.25, 0.3) is 0 Å². The number of hydroxylamine groups is 2. The third-order valence-corrected chi connectivity index (χ3v) is 2.61. The van der Waals surface area contributed by atoms with Crippen LogP contribution in [0.2, 0.25) is 5.02 Å². The molecule has 1 atom stereocenters. The second-order valence-electron chi connectivity index (χ2n) is 3.57. The molecule has 0 saturated carbocycles. The first kappa shape index (κ1) is 15.2. The number of nitrogens with one attached hydrogen (secondary N) is 1. The average Bonchev–Trinajstić information content (AvgIpc) is 2.34. The van der Waals surface area contributed by atoms with Gasteiger partial charge in [-0.25, -0.2) is 14.2 Å². The maximum absolute atomic E-state index is 13.7. The van der Waals surface area contributed by atoms with Crippen molar-refractivity contribution in [3.05, 3.63) is 34.6 Å². The molecule has 1 aromatic rings. The molecule has 0 aliphatic rings. The number of hydrogen-bond acceptors (Lipinski definition) is 3. The Morgan fingerprint density at radius 2 is 2.16 bits per heavy atom. The zero-order chi connectivity index (χ0) is 14.6. The third kappa shape index (κ3) is 3.80. The summed E-state index contributed by atoms with van der Waals surface area (Å²) in [6.45, 7) is 0. The summed E-state index contributed by atoms with van der Waals surface area (Å²) >= 11 is 5.60. The first-order valence-electron chi connectivity index (χ1n) is 5.13. The fourth-order valence-electron chi connectivity index (χ4n) is 1.40. The normalized spacial score (nSPS) is 11.8. The molecule has 2 N–H and O–H groups in total. The Kier molecular flexibility index (Phi) is 5.08. The minimum absolute atomic E-state index is 0.138. The van der Waals surface area contributed by atoms with Crippen molar-refractivity contribution >= 4 is 23.6 Å². The summed E-state index contributed by atoms with van der Waals surface area (Å²) in [5.41, 5.74) is -0.138. The lowest BCUT2D eigenvalue weighted by molar-refractivity contribution is -0.171. The highest BCUT2D eigenvalue weighted by Crippen LogP contribution is 2.22. The molecule has 6 nitrogen and oxygen atoms in total. The van der Waals surface area contributed by atoms with E-state index >= 15 is 0 Å². The van der Waals surface area contributed by atoms with Crippen LogP contribution in [0.4, 0.5) is 9.18 Å². The van der Waals surface area contributed by atoms with Gasteiger partial charge in [0.1, 0.15) is 11.9 Å². The van der Waals surface area contributed by atoms with Crippen LogP contribution in [0.1, 0.15) is 11.6 Å². The molecule has 0 heterocycles. The highest BCUT2D eigenvalue weighted by Gasteiger charge is 2.28. The number of nitrogens with zero attached hydrogens (tertiary/aromatic N) is 1. The van der Waals surface area contributed by atoms with Crippen LogP contribution >= 0.6 is 11.6 Å². The summed E-state index contributed by atoms with van der Waals surface area (Å²) in [5, 5.41) is 11.6. The van der Waals surface area contributed by atoms with E-state index < -0.39 is 23.9 Å². The molecule has 0 saturated heterocycles. The van der Waals surface area contributed by atoms with Crippen molar-refractivity contribution in [3.8, 4) is 0 Å². The van der Waals surface area contributed by atoms with Crippen LogP contribution in [-0.4, -0.2) is 36.3 Å². The number of benzene rings is 1. The lowest BCUT2D eigenvalue weighted by Gasteiger charge is -2.22. The highest BCUT2D eigenvalue weighted by molar-refractivity contribution is 6.30. The number of carbonyl (C=O) groups is 2. The van der Waals surface area contributed by atoms with E-state index in [1.807, 2.05) is 5.32 Å². The zero-order valence-corrected chi connectivity index (χ0v) is 10.9. The van der Waals surface area contributed by atoms with Crippen LogP contribution < -0.4 is 5.32 Å². The van der Waals surface area contributed by atoms with Crippen molar-refractivity contribution < 1.29 is 23.9 Å². The van der Waals surface area contributed by atoms with Gasteiger partial charge in [-0.15, -0.1) is 0 Å². The van der Waals surface area contributed by atoms with E-state index in [-0.39, 0.29) is 10.6 Å². The Morgan fingerprint density at radius 3 is 2.63 bits per heavy atom. The number of hydrogen-bond donors (Lipinski definition) is 2. The van der Waals surface area contributed by atoms with Gasteiger partial charge in [0.2, 0.25) is 0 Å². The Balaban J connectivity index is 3.16. The molecule has 0 aliphatic carbocycles. The van der Waals surface area contributed by atoms with Crippen LogP contribution in [0, 0.1) is 5.82 Å². The Bertz CT molecular complexity index is 498. The Morgan fingerprint density at radius 1 is 1.53 bits per heavy atom. The summed E-state index contributed by atoms with van der Waals surface area (Å²) in [6, 6.07) is 2.17. The second-order valence-corrected chi connectivity index (χ2v) is 4.00. The van der Waals surface area contributed by atoms with Crippen LogP contribution in [0.5, 0.6) is 0 Å². The summed E-state index contributed by atoms with van der Waals surface area (Å²) in [5.74, 6) is -1.55. The van der Waals surface area contributed by atoms with Crippen LogP contribution in [0.3, 0.4) is 0 Å². The Labute approximate surface area is 113 Å². The number of carbonyl (C=O) groups excluding carboxylic acids is 1. The SMILES string of the molecule is CON(C)C(=O)C(NC(=O)O)c1ccc(Cl)cc1F. The molecule has 1 rings (SSSR count). The van der Waals surface area contributed by atoms with Gasteiger partial charge in [-0.05, 0) is 12.1 Å². The minimum Gasteiger partial charge on any atom is -0.465 e. The van der Waals surface area contributed by atoms with Gasteiger partial charge < -0.3 is 10.4 Å². The molecule has 0 aliphatic heterocycles. The summed E-state index contributed by atoms with van der Waals surface area (Å²) < 4.78 is 13.7. The van der Waals surface area contributed by atoms with E-state index in [1.54, 1.807) is 0 Å². The van der Waals surface area contributed by atoms with Crippen molar-refractivity contribution in [1.29, 1.82) is 0 Å². The fourth-order valence-corrected chi connectivity index (χ4v) is 1.56. The second kappa shape index (κ2) is 6.35. The zero-order valence-electron chi connectivity index (χ0n) is 10.2. The molecule has 0 fully saturated rings. The number of carboxylic acid groups (broad SMARTS) is 1. The maximum atomic E-state index is 13.7. The van der Waals surface area contributed by atoms with E-state index in [0.29, 0.717) is 0 Å². The summed E-state index contributed by atoms with van der Waals surface area (Å²) in [7, 11) is 2.51. The van der Waals surface area contributed by atoms with Crippen molar-refractivity contribution in [2.45, 2.75) is 6.04 Å². The largest absolute Gasteiger partial charge is 0.465 e. The highest BCUT2D eigenvalue weighted by atomic mass is 35.5. The van der Waals surface area contributed by atoms with Gasteiger partial charge in [0.25, 0.3) is 5.91 Å². The molecule has 0 aromatic heterocycles. The topological polar surface area (TPSA) is 78.9 Å². The number of likely N-dealkylation sites (N-methyl/N-ethyl adjacent to an activating group) is 1. The lowest BCUT2D eigenvalue weighted by Crippen LogP contribution is -2.40. The third-order valence-electron chi connectivity index (χ3n) is 2.37. The van der Waals surface area contributed by atoms with Crippen LogP contribution in [0.15, 0.2) is 18.2 Å². The van der Waals surface area contributed by atoms with Gasteiger partial charge in [0.15, 0.2) is 0 Å². The standard InChI is InChI=1S/C11H12ClFN2O4/c1-15(19-2)10(16)9(14-11(17)18)7-4-3-6(12)5-8(7)13/h3-5,9,14H,1-2H3,(H,17,18). The maximum Gasteiger partial charge on any atom is 0.405 e. The van der Waals surface area contributed by atoms with Crippen molar-refractivity contribution in [1.82, 2.24) is 10.4 Å². The molecule has 8 heteroatoms. The molecule has 1 aromatic carbocycles. The molecule has 19 heavy (non-hydrogen) atoms. The van der Waals surface area contributed by atoms with E-state index in [9.17, 15) is 14.0 Å². The van der Waals surface area contributed by atoms with E-state index in [1.165, 1.54) is 26.3 Å². The van der Waals surface area contributed by atoms with Crippen molar-refractivity contribution in [2.75, 3.05) is 14.2 Å². The predicted molar refractivity (Wildman–Crippen MR) is 65.1 cm³/mol. The first-order valence-corrected chi connectivity index (χ1v) is 5.50. The van der Waals surface area contributed by atoms with E-state index in [0.717, 1.165) is 11.1 Å². The van der Waals surface area contributed by atoms with Gasteiger partial charge in [0.05, 0.1) is 7.11 Å². The van der Waals surface area contributed by atoms with Crippen molar-refractivity contribution in [3.63, 3.8) is 0 Å².